The average Bonchev–Trinajstić information content (AvgIpc) is 2.29. The van der Waals surface area contributed by atoms with Crippen LogP contribution in [0.3, 0.4) is 0 Å². The fraction of sp³-hybridized carbons (Fsp3) is 0.583. The summed E-state index contributed by atoms with van der Waals surface area (Å²) in [7, 11) is 1.63. The zero-order valence-corrected chi connectivity index (χ0v) is 10.2. The van der Waals surface area contributed by atoms with Crippen molar-refractivity contribution in [2.45, 2.75) is 13.8 Å². The summed E-state index contributed by atoms with van der Waals surface area (Å²) in [5, 5.41) is 3.18. The van der Waals surface area contributed by atoms with Gasteiger partial charge >= 0.3 is 0 Å². The molecule has 0 saturated heterocycles. The molecule has 1 N–H and O–H groups in total. The second-order valence-electron chi connectivity index (χ2n) is 3.98. The molecule has 0 aliphatic carbocycles. The van der Waals surface area contributed by atoms with E-state index in [9.17, 15) is 0 Å². The quantitative estimate of drug-likeness (QED) is 0.721. The van der Waals surface area contributed by atoms with Gasteiger partial charge in [-0.25, -0.2) is 4.98 Å². The van der Waals surface area contributed by atoms with Crippen molar-refractivity contribution < 1.29 is 9.47 Å². The van der Waals surface area contributed by atoms with E-state index in [1.807, 2.05) is 12.1 Å². The first-order valence-electron chi connectivity index (χ1n) is 5.54. The summed E-state index contributed by atoms with van der Waals surface area (Å²) in [6.45, 7) is 6.55. The van der Waals surface area contributed by atoms with Crippen LogP contribution in [0.2, 0.25) is 0 Å². The van der Waals surface area contributed by atoms with Gasteiger partial charge < -0.3 is 14.8 Å². The molecule has 0 unspecified atom stereocenters. The lowest BCUT2D eigenvalue weighted by Gasteiger charge is -2.08. The molecule has 16 heavy (non-hydrogen) atoms. The van der Waals surface area contributed by atoms with Crippen molar-refractivity contribution in [2.75, 3.05) is 32.2 Å². The van der Waals surface area contributed by atoms with Crippen LogP contribution in [0.1, 0.15) is 13.8 Å². The minimum atomic E-state index is 0.583. The van der Waals surface area contributed by atoms with Crippen LogP contribution < -0.4 is 10.1 Å². The van der Waals surface area contributed by atoms with E-state index < -0.39 is 0 Å². The summed E-state index contributed by atoms with van der Waals surface area (Å²) in [6, 6.07) is 3.77. The van der Waals surface area contributed by atoms with E-state index in [1.54, 1.807) is 13.3 Å². The van der Waals surface area contributed by atoms with Crippen molar-refractivity contribution in [2.24, 2.45) is 5.92 Å². The molecular formula is C12H20N2O2. The van der Waals surface area contributed by atoms with E-state index in [-0.39, 0.29) is 0 Å². The number of nitrogens with one attached hydrogen (secondary N) is 1. The molecule has 1 rings (SSSR count). The highest BCUT2D eigenvalue weighted by Gasteiger charge is 1.96. The fourth-order valence-electron chi connectivity index (χ4n) is 1.18. The lowest BCUT2D eigenvalue weighted by atomic mass is 10.2. The zero-order valence-electron chi connectivity index (χ0n) is 10.2. The highest BCUT2D eigenvalue weighted by Crippen LogP contribution is 2.10. The zero-order chi connectivity index (χ0) is 11.8. The number of pyridine rings is 1. The first-order valence-corrected chi connectivity index (χ1v) is 5.54. The van der Waals surface area contributed by atoms with E-state index in [2.05, 4.69) is 24.1 Å². The fourth-order valence-corrected chi connectivity index (χ4v) is 1.18. The average molecular weight is 224 g/mol. The summed E-state index contributed by atoms with van der Waals surface area (Å²) in [6.07, 6.45) is 1.69. The van der Waals surface area contributed by atoms with Crippen LogP contribution in [0, 0.1) is 5.92 Å². The smallest absolute Gasteiger partial charge is 0.137 e. The maximum absolute atomic E-state index is 5.45. The summed E-state index contributed by atoms with van der Waals surface area (Å²) >= 11 is 0. The summed E-state index contributed by atoms with van der Waals surface area (Å²) in [4.78, 5) is 4.19. The van der Waals surface area contributed by atoms with E-state index >= 15 is 0 Å². The molecule has 1 heterocycles. The molecule has 0 fully saturated rings. The molecule has 0 aromatic carbocycles. The maximum Gasteiger partial charge on any atom is 0.137 e. The normalized spacial score (nSPS) is 10.5. The molecular weight excluding hydrogens is 204 g/mol. The van der Waals surface area contributed by atoms with Gasteiger partial charge in [-0.1, -0.05) is 13.8 Å². The summed E-state index contributed by atoms with van der Waals surface area (Å²) < 4.78 is 10.5. The Morgan fingerprint density at radius 2 is 2.19 bits per heavy atom. The van der Waals surface area contributed by atoms with Crippen molar-refractivity contribution in [3.8, 4) is 5.75 Å². The van der Waals surface area contributed by atoms with Gasteiger partial charge in [0.05, 0.1) is 19.9 Å². The molecule has 0 amide bonds. The van der Waals surface area contributed by atoms with E-state index in [1.165, 1.54) is 0 Å². The van der Waals surface area contributed by atoms with Crippen LogP contribution in [-0.4, -0.2) is 31.9 Å². The van der Waals surface area contributed by atoms with Crippen LogP contribution in [0.25, 0.3) is 0 Å². The number of methoxy groups -OCH3 is 1. The van der Waals surface area contributed by atoms with Crippen LogP contribution in [0.4, 0.5) is 5.82 Å². The van der Waals surface area contributed by atoms with Crippen molar-refractivity contribution in [3.63, 3.8) is 0 Å². The minimum Gasteiger partial charge on any atom is -0.495 e. The summed E-state index contributed by atoms with van der Waals surface area (Å²) in [5.74, 6) is 2.19. The van der Waals surface area contributed by atoms with Gasteiger partial charge in [0.2, 0.25) is 0 Å². The molecule has 0 aliphatic heterocycles. The number of anilines is 1. The Kier molecular flexibility index (Phi) is 5.64. The van der Waals surface area contributed by atoms with Crippen LogP contribution in [0.15, 0.2) is 18.3 Å². The molecule has 90 valence electrons. The minimum absolute atomic E-state index is 0.583. The van der Waals surface area contributed by atoms with Crippen LogP contribution in [0.5, 0.6) is 5.75 Å². The van der Waals surface area contributed by atoms with Gasteiger partial charge in [0.15, 0.2) is 0 Å². The molecule has 0 radical (unpaired) electrons. The molecule has 0 bridgehead atoms. The number of nitrogens with zero attached hydrogens (tertiary/aromatic N) is 1. The van der Waals surface area contributed by atoms with E-state index in [0.29, 0.717) is 12.5 Å². The van der Waals surface area contributed by atoms with Crippen molar-refractivity contribution >= 4 is 5.82 Å². The van der Waals surface area contributed by atoms with E-state index in [4.69, 9.17) is 9.47 Å². The van der Waals surface area contributed by atoms with Gasteiger partial charge in [-0.15, -0.1) is 0 Å². The first-order chi connectivity index (χ1) is 7.72. The predicted octanol–water partition coefficient (Wildman–Crippen LogP) is 2.17. The molecule has 0 atom stereocenters. The Morgan fingerprint density at radius 3 is 2.75 bits per heavy atom. The molecule has 1 aromatic heterocycles. The van der Waals surface area contributed by atoms with Crippen molar-refractivity contribution in [1.29, 1.82) is 0 Å². The van der Waals surface area contributed by atoms with Gasteiger partial charge in [0.25, 0.3) is 0 Å². The largest absolute Gasteiger partial charge is 0.495 e. The third-order valence-electron chi connectivity index (χ3n) is 1.98. The molecule has 4 heteroatoms. The lowest BCUT2D eigenvalue weighted by Crippen LogP contribution is -2.12. The van der Waals surface area contributed by atoms with Crippen molar-refractivity contribution in [3.05, 3.63) is 18.3 Å². The van der Waals surface area contributed by atoms with Gasteiger partial charge in [-0.2, -0.15) is 0 Å². The Labute approximate surface area is 97.0 Å². The molecule has 0 spiro atoms. The molecule has 1 aromatic rings. The number of hydrogen-bond donors (Lipinski definition) is 1. The second kappa shape index (κ2) is 7.06. The van der Waals surface area contributed by atoms with Gasteiger partial charge in [-0.3, -0.25) is 0 Å². The highest BCUT2D eigenvalue weighted by atomic mass is 16.5. The third kappa shape index (κ3) is 4.98. The Bertz CT molecular complexity index is 286. The number of aromatic nitrogens is 1. The Balaban J connectivity index is 2.16. The molecule has 0 saturated carbocycles. The summed E-state index contributed by atoms with van der Waals surface area (Å²) in [5.41, 5.74) is 0. The van der Waals surface area contributed by atoms with E-state index in [0.717, 1.165) is 24.7 Å². The first kappa shape index (κ1) is 12.8. The van der Waals surface area contributed by atoms with Gasteiger partial charge in [-0.05, 0) is 18.1 Å². The Morgan fingerprint density at radius 1 is 1.38 bits per heavy atom. The second-order valence-corrected chi connectivity index (χ2v) is 3.98. The third-order valence-corrected chi connectivity index (χ3v) is 1.98. The van der Waals surface area contributed by atoms with Crippen molar-refractivity contribution in [1.82, 2.24) is 4.98 Å². The molecule has 0 aliphatic rings. The highest BCUT2D eigenvalue weighted by molar-refractivity contribution is 5.37. The predicted molar refractivity (Wildman–Crippen MR) is 64.9 cm³/mol. The van der Waals surface area contributed by atoms with Crippen LogP contribution in [-0.2, 0) is 4.74 Å². The number of ether oxygens (including phenoxy) is 2. The number of hydrogen-bond acceptors (Lipinski definition) is 4. The lowest BCUT2D eigenvalue weighted by molar-refractivity contribution is 0.118. The standard InChI is InChI=1S/C12H20N2O2/c1-10(2)9-16-7-6-13-12-5-4-11(15-3)8-14-12/h4-5,8,10H,6-7,9H2,1-3H3,(H,13,14). The van der Waals surface area contributed by atoms with Gasteiger partial charge in [0, 0.05) is 13.2 Å². The topological polar surface area (TPSA) is 43.4 Å². The maximum atomic E-state index is 5.45. The number of rotatable bonds is 7. The van der Waals surface area contributed by atoms with Crippen LogP contribution >= 0.6 is 0 Å². The Hall–Kier alpha value is -1.29. The molecule has 4 nitrogen and oxygen atoms in total. The monoisotopic (exact) mass is 224 g/mol. The van der Waals surface area contributed by atoms with Gasteiger partial charge in [0.1, 0.15) is 11.6 Å². The SMILES string of the molecule is COc1ccc(NCCOCC(C)C)nc1.